The Morgan fingerprint density at radius 2 is 1.93 bits per heavy atom. The van der Waals surface area contributed by atoms with Crippen molar-refractivity contribution in [2.75, 3.05) is 0 Å². The van der Waals surface area contributed by atoms with Gasteiger partial charge in [-0.15, -0.1) is 0 Å². The van der Waals surface area contributed by atoms with Crippen molar-refractivity contribution in [3.8, 4) is 0 Å². The molecule has 2 aliphatic rings. The number of thiocarbonyl (C=S) groups is 1. The van der Waals surface area contributed by atoms with Crippen LogP contribution in [0, 0.1) is 0 Å². The van der Waals surface area contributed by atoms with E-state index in [9.17, 15) is 0 Å². The van der Waals surface area contributed by atoms with Gasteiger partial charge in [-0.25, -0.2) is 0 Å². The summed E-state index contributed by atoms with van der Waals surface area (Å²) in [5.41, 5.74) is 3.19. The summed E-state index contributed by atoms with van der Waals surface area (Å²) in [6.07, 6.45) is 4.66. The molecule has 72 valence electrons. The molecule has 0 saturated carbocycles. The van der Waals surface area contributed by atoms with Gasteiger partial charge in [0.1, 0.15) is 0 Å². The van der Waals surface area contributed by atoms with Crippen LogP contribution in [-0.2, 0) is 12.0 Å². The smallest absolute Gasteiger partial charge is 0.0761 e. The molecule has 0 aromatic heterocycles. The van der Waals surface area contributed by atoms with E-state index in [4.69, 9.17) is 12.2 Å². The molecule has 2 heteroatoms. The highest BCUT2D eigenvalue weighted by atomic mass is 32.1. The highest BCUT2D eigenvalue weighted by Gasteiger charge is 2.42. The van der Waals surface area contributed by atoms with E-state index in [-0.39, 0.29) is 5.54 Å². The van der Waals surface area contributed by atoms with Gasteiger partial charge in [0.15, 0.2) is 0 Å². The van der Waals surface area contributed by atoms with Gasteiger partial charge in [0.05, 0.1) is 10.5 Å². The number of benzene rings is 1. The fourth-order valence-corrected chi connectivity index (χ4v) is 3.09. The molecule has 1 aromatic rings. The van der Waals surface area contributed by atoms with Crippen molar-refractivity contribution in [2.45, 2.75) is 31.2 Å². The van der Waals surface area contributed by atoms with E-state index in [1.807, 2.05) is 0 Å². The average Bonchev–Trinajstić information content (AvgIpc) is 2.75. The van der Waals surface area contributed by atoms with Crippen LogP contribution in [0.15, 0.2) is 24.3 Å². The van der Waals surface area contributed by atoms with E-state index in [2.05, 4.69) is 29.6 Å². The third-order valence-corrected chi connectivity index (χ3v) is 3.82. The molecule has 1 aliphatic carbocycles. The summed E-state index contributed by atoms with van der Waals surface area (Å²) >= 11 is 5.25. The first-order chi connectivity index (χ1) is 6.80. The van der Waals surface area contributed by atoms with Crippen molar-refractivity contribution >= 4 is 17.2 Å². The molecule has 1 N–H and O–H groups in total. The lowest BCUT2D eigenvalue weighted by Gasteiger charge is -2.25. The van der Waals surface area contributed by atoms with Gasteiger partial charge in [0.2, 0.25) is 0 Å². The number of aryl methyl sites for hydroxylation is 1. The highest BCUT2D eigenvalue weighted by molar-refractivity contribution is 7.80. The first-order valence-corrected chi connectivity index (χ1v) is 5.60. The second-order valence-corrected chi connectivity index (χ2v) is 4.78. The predicted molar refractivity (Wildman–Crippen MR) is 61.4 cm³/mol. The Kier molecular flexibility index (Phi) is 1.68. The van der Waals surface area contributed by atoms with Crippen LogP contribution in [0.25, 0.3) is 0 Å². The van der Waals surface area contributed by atoms with Crippen molar-refractivity contribution in [1.29, 1.82) is 0 Å². The average molecular weight is 203 g/mol. The second-order valence-electron chi connectivity index (χ2n) is 4.29. The maximum Gasteiger partial charge on any atom is 0.0761 e. The molecule has 0 amide bonds. The monoisotopic (exact) mass is 203 g/mol. The van der Waals surface area contributed by atoms with E-state index in [1.54, 1.807) is 0 Å². The third kappa shape index (κ3) is 1.04. The fraction of sp³-hybridized carbons (Fsp3) is 0.417. The van der Waals surface area contributed by atoms with Gasteiger partial charge >= 0.3 is 0 Å². The Bertz CT molecular complexity index is 399. The molecule has 1 heterocycles. The van der Waals surface area contributed by atoms with E-state index >= 15 is 0 Å². The second kappa shape index (κ2) is 2.80. The molecular weight excluding hydrogens is 190 g/mol. The van der Waals surface area contributed by atoms with Crippen LogP contribution in [0.5, 0.6) is 0 Å². The maximum atomic E-state index is 5.25. The van der Waals surface area contributed by atoms with E-state index < -0.39 is 0 Å². The first kappa shape index (κ1) is 8.42. The van der Waals surface area contributed by atoms with Crippen molar-refractivity contribution < 1.29 is 0 Å². The van der Waals surface area contributed by atoms with Crippen LogP contribution in [-0.4, -0.2) is 4.99 Å². The van der Waals surface area contributed by atoms with E-state index in [1.165, 1.54) is 30.4 Å². The van der Waals surface area contributed by atoms with Gasteiger partial charge in [-0.3, -0.25) is 0 Å². The topological polar surface area (TPSA) is 12.0 Å². The molecule has 1 unspecified atom stereocenters. The largest absolute Gasteiger partial charge is 0.370 e. The van der Waals surface area contributed by atoms with Gasteiger partial charge in [0, 0.05) is 6.42 Å². The van der Waals surface area contributed by atoms with Gasteiger partial charge in [-0.2, -0.15) is 0 Å². The number of nitrogens with one attached hydrogen (secondary N) is 1. The summed E-state index contributed by atoms with van der Waals surface area (Å²) in [6.45, 7) is 0. The Labute approximate surface area is 89.5 Å². The fourth-order valence-electron chi connectivity index (χ4n) is 2.80. The van der Waals surface area contributed by atoms with E-state index in [0.29, 0.717) is 0 Å². The Hall–Kier alpha value is -0.890. The molecule has 3 rings (SSSR count). The summed E-state index contributed by atoms with van der Waals surface area (Å²) in [6, 6.07) is 8.76. The Balaban J connectivity index is 2.09. The molecule has 1 saturated heterocycles. The lowest BCUT2D eigenvalue weighted by atomic mass is 9.90. The van der Waals surface area contributed by atoms with Crippen molar-refractivity contribution in [2.24, 2.45) is 0 Å². The van der Waals surface area contributed by atoms with Crippen LogP contribution >= 0.6 is 12.2 Å². The molecule has 1 aromatic carbocycles. The molecule has 0 radical (unpaired) electrons. The number of rotatable bonds is 0. The molecule has 1 spiro atoms. The van der Waals surface area contributed by atoms with Crippen LogP contribution in [0.3, 0.4) is 0 Å². The zero-order valence-corrected chi connectivity index (χ0v) is 8.86. The predicted octanol–water partition coefficient (Wildman–Crippen LogP) is 2.54. The van der Waals surface area contributed by atoms with Gasteiger partial charge in [-0.05, 0) is 30.4 Å². The van der Waals surface area contributed by atoms with Crippen LogP contribution in [0.4, 0.5) is 0 Å². The summed E-state index contributed by atoms with van der Waals surface area (Å²) in [7, 11) is 0. The van der Waals surface area contributed by atoms with Crippen molar-refractivity contribution in [1.82, 2.24) is 5.32 Å². The van der Waals surface area contributed by atoms with Gasteiger partial charge < -0.3 is 5.32 Å². The van der Waals surface area contributed by atoms with Crippen LogP contribution < -0.4 is 5.32 Å². The summed E-state index contributed by atoms with van der Waals surface area (Å²) in [4.78, 5) is 1.04. The minimum absolute atomic E-state index is 0.202. The number of hydrogen-bond acceptors (Lipinski definition) is 1. The van der Waals surface area contributed by atoms with Crippen LogP contribution in [0.1, 0.15) is 30.4 Å². The lowest BCUT2D eigenvalue weighted by Crippen LogP contribution is -2.35. The quantitative estimate of drug-likeness (QED) is 0.650. The molecule has 14 heavy (non-hydrogen) atoms. The zero-order valence-electron chi connectivity index (χ0n) is 8.05. The number of hydrogen-bond donors (Lipinski definition) is 1. The normalized spacial score (nSPS) is 29.3. The molecule has 0 bridgehead atoms. The molecule has 1 atom stereocenters. The standard InChI is InChI=1S/C12H13NS/c14-11-6-8-12(13-11)7-5-9-3-1-2-4-10(9)12/h1-4H,5-8H2,(H,13,14). The van der Waals surface area contributed by atoms with Crippen molar-refractivity contribution in [3.05, 3.63) is 35.4 Å². The maximum absolute atomic E-state index is 5.25. The SMILES string of the molecule is S=C1CCC2(CCc3ccccc32)N1. The van der Waals surface area contributed by atoms with E-state index in [0.717, 1.165) is 11.4 Å². The summed E-state index contributed by atoms with van der Waals surface area (Å²) < 4.78 is 0. The lowest BCUT2D eigenvalue weighted by molar-refractivity contribution is 0.406. The summed E-state index contributed by atoms with van der Waals surface area (Å²) in [5.74, 6) is 0. The molecular formula is C12H13NS. The zero-order chi connectivity index (χ0) is 9.60. The summed E-state index contributed by atoms with van der Waals surface area (Å²) in [5, 5.41) is 3.52. The van der Waals surface area contributed by atoms with Gasteiger partial charge in [-0.1, -0.05) is 36.5 Å². The molecule has 1 aliphatic heterocycles. The minimum Gasteiger partial charge on any atom is -0.370 e. The van der Waals surface area contributed by atoms with Gasteiger partial charge in [0.25, 0.3) is 0 Å². The third-order valence-electron chi connectivity index (χ3n) is 3.51. The molecule has 1 fully saturated rings. The first-order valence-electron chi connectivity index (χ1n) is 5.20. The Morgan fingerprint density at radius 1 is 1.14 bits per heavy atom. The minimum atomic E-state index is 0.202. The molecule has 1 nitrogen and oxygen atoms in total. The van der Waals surface area contributed by atoms with Crippen molar-refractivity contribution in [3.63, 3.8) is 0 Å². The Morgan fingerprint density at radius 3 is 2.71 bits per heavy atom. The number of fused-ring (bicyclic) bond motifs is 2. The highest BCUT2D eigenvalue weighted by Crippen LogP contribution is 2.42. The van der Waals surface area contributed by atoms with Crippen LogP contribution in [0.2, 0.25) is 0 Å².